The molecule has 0 aliphatic carbocycles. The highest BCUT2D eigenvalue weighted by Crippen LogP contribution is 2.24. The van der Waals surface area contributed by atoms with E-state index in [9.17, 15) is 5.11 Å². The number of aliphatic hydroxyl groups excluding tert-OH is 1. The first-order valence-corrected chi connectivity index (χ1v) is 6.04. The lowest BCUT2D eigenvalue weighted by Crippen LogP contribution is -1.98. The van der Waals surface area contributed by atoms with Crippen molar-refractivity contribution in [2.45, 2.75) is 6.10 Å². The average molecular weight is 251 g/mol. The number of aromatic nitrogens is 3. The Morgan fingerprint density at radius 2 is 1.58 bits per heavy atom. The molecule has 4 nitrogen and oxygen atoms in total. The Hall–Kier alpha value is -2.46. The molecule has 3 rings (SSSR count). The van der Waals surface area contributed by atoms with Crippen LogP contribution in [-0.4, -0.2) is 20.5 Å². The Balaban J connectivity index is 1.87. The van der Waals surface area contributed by atoms with Crippen LogP contribution in [0.2, 0.25) is 0 Å². The van der Waals surface area contributed by atoms with Crippen molar-refractivity contribution in [1.82, 2.24) is 15.4 Å². The first-order valence-electron chi connectivity index (χ1n) is 6.04. The molecule has 1 unspecified atom stereocenters. The van der Waals surface area contributed by atoms with Gasteiger partial charge in [0, 0.05) is 5.56 Å². The zero-order chi connectivity index (χ0) is 13.1. The van der Waals surface area contributed by atoms with Crippen LogP contribution in [0.15, 0.2) is 60.8 Å². The van der Waals surface area contributed by atoms with Gasteiger partial charge in [0.1, 0.15) is 11.8 Å². The van der Waals surface area contributed by atoms with E-state index >= 15 is 0 Å². The summed E-state index contributed by atoms with van der Waals surface area (Å²) in [6.45, 7) is 0. The highest BCUT2D eigenvalue weighted by atomic mass is 16.3. The number of nitrogens with zero attached hydrogens (tertiary/aromatic N) is 2. The maximum Gasteiger partial charge on any atom is 0.112 e. The summed E-state index contributed by atoms with van der Waals surface area (Å²) in [5, 5.41) is 20.7. The van der Waals surface area contributed by atoms with Gasteiger partial charge in [-0.3, -0.25) is 0 Å². The van der Waals surface area contributed by atoms with Gasteiger partial charge in [-0.2, -0.15) is 15.4 Å². The molecule has 2 N–H and O–H groups in total. The second-order valence-electron chi connectivity index (χ2n) is 4.29. The van der Waals surface area contributed by atoms with Gasteiger partial charge in [-0.15, -0.1) is 0 Å². The molecular weight excluding hydrogens is 238 g/mol. The maximum absolute atomic E-state index is 10.3. The molecule has 0 bridgehead atoms. The summed E-state index contributed by atoms with van der Waals surface area (Å²) in [5.74, 6) is 0. The van der Waals surface area contributed by atoms with Crippen LogP contribution in [0.3, 0.4) is 0 Å². The minimum Gasteiger partial charge on any atom is -0.384 e. The topological polar surface area (TPSA) is 61.8 Å². The van der Waals surface area contributed by atoms with E-state index in [4.69, 9.17) is 0 Å². The van der Waals surface area contributed by atoms with Crippen molar-refractivity contribution in [2.24, 2.45) is 0 Å². The van der Waals surface area contributed by atoms with Crippen molar-refractivity contribution in [3.8, 4) is 11.3 Å². The Morgan fingerprint density at radius 1 is 0.895 bits per heavy atom. The molecule has 0 saturated heterocycles. The lowest BCUT2D eigenvalue weighted by atomic mass is 10.00. The summed E-state index contributed by atoms with van der Waals surface area (Å²) in [6.07, 6.45) is 1.07. The molecule has 0 aliphatic heterocycles. The smallest absolute Gasteiger partial charge is 0.112 e. The van der Waals surface area contributed by atoms with E-state index < -0.39 is 6.10 Å². The lowest BCUT2D eigenvalue weighted by molar-refractivity contribution is 0.220. The van der Waals surface area contributed by atoms with Crippen LogP contribution in [-0.2, 0) is 0 Å². The van der Waals surface area contributed by atoms with Crippen LogP contribution in [0.5, 0.6) is 0 Å². The summed E-state index contributed by atoms with van der Waals surface area (Å²) in [6, 6.07) is 17.3. The molecule has 0 saturated carbocycles. The van der Waals surface area contributed by atoms with Gasteiger partial charge >= 0.3 is 0 Å². The first kappa shape index (κ1) is 11.6. The Labute approximate surface area is 110 Å². The highest BCUT2D eigenvalue weighted by Gasteiger charge is 2.10. The molecule has 0 fully saturated rings. The molecular formula is C15H13N3O. The van der Waals surface area contributed by atoms with Crippen LogP contribution >= 0.6 is 0 Å². The monoisotopic (exact) mass is 251 g/mol. The van der Waals surface area contributed by atoms with Gasteiger partial charge < -0.3 is 5.11 Å². The SMILES string of the molecule is OC(c1ccccc1)c1ccc(-c2cn[nH]n2)cc1. The van der Waals surface area contributed by atoms with Crippen LogP contribution in [0.1, 0.15) is 17.2 Å². The van der Waals surface area contributed by atoms with Crippen LogP contribution in [0.4, 0.5) is 0 Å². The summed E-state index contributed by atoms with van der Waals surface area (Å²) >= 11 is 0. The van der Waals surface area contributed by atoms with Crippen molar-refractivity contribution < 1.29 is 5.11 Å². The predicted molar refractivity (Wildman–Crippen MR) is 72.3 cm³/mol. The van der Waals surface area contributed by atoms with E-state index in [1.165, 1.54) is 0 Å². The van der Waals surface area contributed by atoms with E-state index in [1.54, 1.807) is 6.20 Å². The van der Waals surface area contributed by atoms with Crippen LogP contribution in [0.25, 0.3) is 11.3 Å². The zero-order valence-corrected chi connectivity index (χ0v) is 10.2. The van der Waals surface area contributed by atoms with E-state index in [1.807, 2.05) is 54.6 Å². The molecule has 4 heteroatoms. The Bertz CT molecular complexity index is 633. The van der Waals surface area contributed by atoms with Gasteiger partial charge in [0.2, 0.25) is 0 Å². The van der Waals surface area contributed by atoms with E-state index in [0.29, 0.717) is 0 Å². The third kappa shape index (κ3) is 2.39. The van der Waals surface area contributed by atoms with Gasteiger partial charge in [-0.1, -0.05) is 54.6 Å². The van der Waals surface area contributed by atoms with Crippen molar-refractivity contribution >= 4 is 0 Å². The fourth-order valence-electron chi connectivity index (χ4n) is 2.00. The lowest BCUT2D eigenvalue weighted by Gasteiger charge is -2.11. The van der Waals surface area contributed by atoms with Gasteiger partial charge in [0.25, 0.3) is 0 Å². The number of nitrogens with one attached hydrogen (secondary N) is 1. The van der Waals surface area contributed by atoms with Gasteiger partial charge in [0.15, 0.2) is 0 Å². The van der Waals surface area contributed by atoms with Gasteiger partial charge in [0.05, 0.1) is 6.20 Å². The third-order valence-corrected chi connectivity index (χ3v) is 3.05. The summed E-state index contributed by atoms with van der Waals surface area (Å²) in [5.41, 5.74) is 3.51. The molecule has 3 aromatic rings. The number of H-pyrrole nitrogens is 1. The van der Waals surface area contributed by atoms with Crippen molar-refractivity contribution in [3.05, 3.63) is 71.9 Å². The van der Waals surface area contributed by atoms with Crippen LogP contribution < -0.4 is 0 Å². The molecule has 1 atom stereocenters. The number of aliphatic hydroxyl groups is 1. The number of hydrogen-bond acceptors (Lipinski definition) is 3. The molecule has 0 spiro atoms. The number of rotatable bonds is 3. The normalized spacial score (nSPS) is 12.3. The number of aromatic amines is 1. The molecule has 19 heavy (non-hydrogen) atoms. The first-order chi connectivity index (χ1) is 9.34. The Morgan fingerprint density at radius 3 is 2.21 bits per heavy atom. The van der Waals surface area contributed by atoms with Crippen LogP contribution in [0, 0.1) is 0 Å². The molecule has 0 radical (unpaired) electrons. The van der Waals surface area contributed by atoms with E-state index in [0.717, 1.165) is 22.4 Å². The standard InChI is InChI=1S/C15H13N3O/c19-15(12-4-2-1-3-5-12)13-8-6-11(7-9-13)14-10-16-18-17-14/h1-10,15,19H,(H,16,17,18). The quantitative estimate of drug-likeness (QED) is 0.752. The number of benzene rings is 2. The second kappa shape index (κ2) is 5.04. The summed E-state index contributed by atoms with van der Waals surface area (Å²) in [7, 11) is 0. The molecule has 94 valence electrons. The van der Waals surface area contributed by atoms with E-state index in [2.05, 4.69) is 15.4 Å². The largest absolute Gasteiger partial charge is 0.384 e. The molecule has 1 aromatic heterocycles. The van der Waals surface area contributed by atoms with Gasteiger partial charge in [-0.05, 0) is 11.1 Å². The third-order valence-electron chi connectivity index (χ3n) is 3.05. The Kier molecular flexibility index (Phi) is 3.08. The fourth-order valence-corrected chi connectivity index (χ4v) is 2.00. The molecule has 1 heterocycles. The maximum atomic E-state index is 10.3. The second-order valence-corrected chi connectivity index (χ2v) is 4.29. The zero-order valence-electron chi connectivity index (χ0n) is 10.2. The highest BCUT2D eigenvalue weighted by molar-refractivity contribution is 5.58. The predicted octanol–water partition coefficient (Wildman–Crippen LogP) is 2.55. The minimum absolute atomic E-state index is 0.604. The van der Waals surface area contributed by atoms with E-state index in [-0.39, 0.29) is 0 Å². The van der Waals surface area contributed by atoms with Crippen molar-refractivity contribution in [2.75, 3.05) is 0 Å². The van der Waals surface area contributed by atoms with Crippen molar-refractivity contribution in [3.63, 3.8) is 0 Å². The fraction of sp³-hybridized carbons (Fsp3) is 0.0667. The molecule has 2 aromatic carbocycles. The summed E-state index contributed by atoms with van der Waals surface area (Å²) < 4.78 is 0. The number of hydrogen-bond donors (Lipinski definition) is 2. The minimum atomic E-state index is -0.604. The average Bonchev–Trinajstić information content (AvgIpc) is 3.02. The molecule has 0 aliphatic rings. The summed E-state index contributed by atoms with van der Waals surface area (Å²) in [4.78, 5) is 0. The van der Waals surface area contributed by atoms with Crippen molar-refractivity contribution in [1.29, 1.82) is 0 Å². The molecule has 0 amide bonds. The van der Waals surface area contributed by atoms with Gasteiger partial charge in [-0.25, -0.2) is 0 Å².